The summed E-state index contributed by atoms with van der Waals surface area (Å²) in [6.45, 7) is 6.25. The van der Waals surface area contributed by atoms with Crippen molar-refractivity contribution in [2.24, 2.45) is 5.92 Å². The molecule has 0 aromatic heterocycles. The van der Waals surface area contributed by atoms with Gasteiger partial charge in [-0.1, -0.05) is 48.0 Å². The molecule has 19 heavy (non-hydrogen) atoms. The summed E-state index contributed by atoms with van der Waals surface area (Å²) in [7, 11) is 1.43. The highest BCUT2D eigenvalue weighted by molar-refractivity contribution is 9.10. The second kappa shape index (κ2) is 7.65. The van der Waals surface area contributed by atoms with Crippen LogP contribution in [0, 0.1) is 5.92 Å². The van der Waals surface area contributed by atoms with Crippen molar-refractivity contribution in [2.45, 2.75) is 39.3 Å². The van der Waals surface area contributed by atoms with Crippen LogP contribution < -0.4 is 5.32 Å². The van der Waals surface area contributed by atoms with E-state index in [1.165, 1.54) is 7.11 Å². The Bertz CT molecular complexity index is 420. The minimum Gasteiger partial charge on any atom is -0.468 e. The molecule has 0 aliphatic rings. The molecule has 1 aromatic rings. The normalized spacial score (nSPS) is 14.2. The lowest BCUT2D eigenvalue weighted by molar-refractivity contribution is -0.143. The number of nitrogens with one attached hydrogen (secondary N) is 1. The van der Waals surface area contributed by atoms with Crippen molar-refractivity contribution in [1.82, 2.24) is 5.32 Å². The lowest BCUT2D eigenvalue weighted by Gasteiger charge is -2.23. The maximum absolute atomic E-state index is 11.8. The van der Waals surface area contributed by atoms with Crippen molar-refractivity contribution in [1.29, 1.82) is 0 Å². The number of benzene rings is 1. The fraction of sp³-hybridized carbons (Fsp3) is 0.533. The number of hydrogen-bond donors (Lipinski definition) is 1. The van der Waals surface area contributed by atoms with Crippen LogP contribution in [0.1, 0.15) is 38.8 Å². The van der Waals surface area contributed by atoms with Crippen LogP contribution in [0.15, 0.2) is 28.7 Å². The third-order valence-electron chi connectivity index (χ3n) is 3.02. The zero-order valence-corrected chi connectivity index (χ0v) is 13.5. The van der Waals surface area contributed by atoms with Crippen LogP contribution in [-0.2, 0) is 9.53 Å². The first kappa shape index (κ1) is 16.2. The predicted molar refractivity (Wildman–Crippen MR) is 81.0 cm³/mol. The first-order valence-corrected chi connectivity index (χ1v) is 7.33. The van der Waals surface area contributed by atoms with Gasteiger partial charge in [0.2, 0.25) is 0 Å². The molecule has 0 fully saturated rings. The minimum atomic E-state index is -0.271. The number of rotatable bonds is 6. The van der Waals surface area contributed by atoms with E-state index in [2.05, 4.69) is 42.0 Å². The average molecular weight is 328 g/mol. The summed E-state index contributed by atoms with van der Waals surface area (Å²) in [6, 6.07) is 7.83. The lowest BCUT2D eigenvalue weighted by Crippen LogP contribution is -2.40. The van der Waals surface area contributed by atoms with Crippen molar-refractivity contribution in [3.63, 3.8) is 0 Å². The van der Waals surface area contributed by atoms with Gasteiger partial charge in [0.1, 0.15) is 6.04 Å². The molecule has 0 saturated carbocycles. The van der Waals surface area contributed by atoms with Gasteiger partial charge in [-0.3, -0.25) is 10.1 Å². The van der Waals surface area contributed by atoms with Gasteiger partial charge in [-0.05, 0) is 30.9 Å². The molecule has 0 saturated heterocycles. The van der Waals surface area contributed by atoms with E-state index in [0.717, 1.165) is 16.5 Å². The minimum absolute atomic E-state index is 0.0819. The van der Waals surface area contributed by atoms with Gasteiger partial charge < -0.3 is 4.74 Å². The van der Waals surface area contributed by atoms with Crippen LogP contribution in [0.4, 0.5) is 0 Å². The highest BCUT2D eigenvalue weighted by Crippen LogP contribution is 2.23. The molecule has 2 unspecified atom stereocenters. The number of esters is 1. The topological polar surface area (TPSA) is 38.3 Å². The Hall–Kier alpha value is -0.870. The van der Waals surface area contributed by atoms with Crippen LogP contribution in [0.3, 0.4) is 0 Å². The van der Waals surface area contributed by atoms with Gasteiger partial charge >= 0.3 is 5.97 Å². The molecule has 2 atom stereocenters. The Morgan fingerprint density at radius 3 is 2.47 bits per heavy atom. The maximum atomic E-state index is 11.8. The summed E-state index contributed by atoms with van der Waals surface area (Å²) in [5.74, 6) is 0.232. The summed E-state index contributed by atoms with van der Waals surface area (Å²) in [4.78, 5) is 11.8. The van der Waals surface area contributed by atoms with Crippen molar-refractivity contribution in [2.75, 3.05) is 7.11 Å². The molecule has 0 aliphatic heterocycles. The summed E-state index contributed by atoms with van der Waals surface area (Å²) in [6.07, 6.45) is 0.765. The van der Waals surface area contributed by atoms with Gasteiger partial charge in [-0.25, -0.2) is 0 Å². The van der Waals surface area contributed by atoms with Crippen LogP contribution in [-0.4, -0.2) is 19.1 Å². The molecule has 1 aromatic carbocycles. The van der Waals surface area contributed by atoms with Gasteiger partial charge in [-0.2, -0.15) is 0 Å². The molecule has 0 heterocycles. The monoisotopic (exact) mass is 327 g/mol. The van der Waals surface area contributed by atoms with E-state index in [1.54, 1.807) is 0 Å². The van der Waals surface area contributed by atoms with Crippen LogP contribution in [0.25, 0.3) is 0 Å². The summed E-state index contributed by atoms with van der Waals surface area (Å²) >= 11 is 3.54. The number of halogens is 1. The van der Waals surface area contributed by atoms with E-state index in [4.69, 9.17) is 4.74 Å². The van der Waals surface area contributed by atoms with E-state index >= 15 is 0 Å². The Kier molecular flexibility index (Phi) is 6.52. The molecule has 1 N–H and O–H groups in total. The molecule has 4 heteroatoms. The number of carbonyl (C=O) groups is 1. The number of hydrogen-bond acceptors (Lipinski definition) is 3. The zero-order chi connectivity index (χ0) is 14.4. The molecule has 0 amide bonds. The molecular formula is C15H22BrNO2. The highest BCUT2D eigenvalue weighted by atomic mass is 79.9. The molecule has 0 radical (unpaired) electrons. The van der Waals surface area contributed by atoms with Gasteiger partial charge in [-0.15, -0.1) is 0 Å². The van der Waals surface area contributed by atoms with E-state index in [9.17, 15) is 4.79 Å². The number of ether oxygens (including phenoxy) is 1. The lowest BCUT2D eigenvalue weighted by atomic mass is 10.0. The molecule has 0 bridgehead atoms. The van der Waals surface area contributed by atoms with Gasteiger partial charge in [0.05, 0.1) is 7.11 Å². The molecule has 106 valence electrons. The molecule has 0 aliphatic carbocycles. The van der Waals surface area contributed by atoms with Crippen LogP contribution in [0.2, 0.25) is 0 Å². The van der Waals surface area contributed by atoms with Crippen LogP contribution >= 0.6 is 15.9 Å². The largest absolute Gasteiger partial charge is 0.468 e. The highest BCUT2D eigenvalue weighted by Gasteiger charge is 2.23. The summed E-state index contributed by atoms with van der Waals surface area (Å²) in [5, 5.41) is 3.35. The second-order valence-electron chi connectivity index (χ2n) is 5.12. The number of methoxy groups -OCH3 is 1. The Balaban J connectivity index is 2.78. The van der Waals surface area contributed by atoms with E-state index in [0.29, 0.717) is 5.92 Å². The Morgan fingerprint density at radius 2 is 1.95 bits per heavy atom. The first-order valence-electron chi connectivity index (χ1n) is 6.54. The fourth-order valence-corrected chi connectivity index (χ4v) is 2.69. The summed E-state index contributed by atoms with van der Waals surface area (Å²) < 4.78 is 5.91. The van der Waals surface area contributed by atoms with Crippen molar-refractivity contribution in [3.8, 4) is 0 Å². The maximum Gasteiger partial charge on any atom is 0.322 e. The first-order chi connectivity index (χ1) is 8.95. The smallest absolute Gasteiger partial charge is 0.322 e. The van der Waals surface area contributed by atoms with Crippen LogP contribution in [0.5, 0.6) is 0 Å². The van der Waals surface area contributed by atoms with Gasteiger partial charge in [0.15, 0.2) is 0 Å². The van der Waals surface area contributed by atoms with E-state index < -0.39 is 0 Å². The zero-order valence-electron chi connectivity index (χ0n) is 11.9. The third-order valence-corrected chi connectivity index (χ3v) is 3.74. The van der Waals surface area contributed by atoms with E-state index in [1.807, 2.05) is 24.3 Å². The molecule has 3 nitrogen and oxygen atoms in total. The summed E-state index contributed by atoms with van der Waals surface area (Å²) in [5.41, 5.74) is 1.14. The van der Waals surface area contributed by atoms with Crippen molar-refractivity contribution in [3.05, 3.63) is 34.3 Å². The Morgan fingerprint density at radius 1 is 1.32 bits per heavy atom. The van der Waals surface area contributed by atoms with Crippen molar-refractivity contribution >= 4 is 21.9 Å². The Labute approximate surface area is 123 Å². The average Bonchev–Trinajstić information content (AvgIpc) is 2.36. The quantitative estimate of drug-likeness (QED) is 0.810. The SMILES string of the molecule is COC(=O)C(CC(C)C)NC(C)c1ccccc1Br. The second-order valence-corrected chi connectivity index (χ2v) is 5.97. The van der Waals surface area contributed by atoms with Gasteiger partial charge in [0, 0.05) is 10.5 Å². The third kappa shape index (κ3) is 4.96. The van der Waals surface area contributed by atoms with Crippen molar-refractivity contribution < 1.29 is 9.53 Å². The number of carbonyl (C=O) groups excluding carboxylic acids is 1. The molecule has 0 spiro atoms. The molecular weight excluding hydrogens is 306 g/mol. The van der Waals surface area contributed by atoms with E-state index in [-0.39, 0.29) is 18.1 Å². The fourth-order valence-electron chi connectivity index (χ4n) is 2.06. The molecule has 1 rings (SSSR count). The predicted octanol–water partition coefficient (Wildman–Crippen LogP) is 3.69. The standard InChI is InChI=1S/C15H22BrNO2/c1-10(2)9-14(15(18)19-4)17-11(3)12-7-5-6-8-13(12)16/h5-8,10-11,14,17H,9H2,1-4H3. The van der Waals surface area contributed by atoms with Gasteiger partial charge in [0.25, 0.3) is 0 Å².